The van der Waals surface area contributed by atoms with Crippen LogP contribution in [0.25, 0.3) is 11.4 Å². The Labute approximate surface area is 178 Å². The van der Waals surface area contributed by atoms with E-state index in [9.17, 15) is 4.39 Å². The molecule has 0 N–H and O–H groups in total. The average Bonchev–Trinajstić information content (AvgIpc) is 3.13. The average molecular weight is 410 g/mol. The molecule has 5 nitrogen and oxygen atoms in total. The summed E-state index contributed by atoms with van der Waals surface area (Å²) in [4.78, 5) is 9.46. The molecule has 2 aromatic rings. The summed E-state index contributed by atoms with van der Waals surface area (Å²) in [6.07, 6.45) is 10.9. The summed E-state index contributed by atoms with van der Waals surface area (Å²) in [5, 5.41) is 4.66. The molecule has 0 aromatic carbocycles. The monoisotopic (exact) mass is 409 g/mol. The van der Waals surface area contributed by atoms with Gasteiger partial charge in [0.25, 0.3) is 0 Å². The van der Waals surface area contributed by atoms with Crippen LogP contribution in [-0.4, -0.2) is 58.1 Å². The molecule has 2 aromatic heterocycles. The third-order valence-electron chi connectivity index (χ3n) is 6.57. The van der Waals surface area contributed by atoms with Crippen LogP contribution in [0.15, 0.2) is 43.3 Å². The third-order valence-corrected chi connectivity index (χ3v) is 6.57. The zero-order valence-corrected chi connectivity index (χ0v) is 18.3. The van der Waals surface area contributed by atoms with Gasteiger partial charge in [-0.25, -0.2) is 14.1 Å². The highest BCUT2D eigenvalue weighted by atomic mass is 19.1. The lowest BCUT2D eigenvalue weighted by atomic mass is 9.87. The second-order valence-corrected chi connectivity index (χ2v) is 8.61. The lowest BCUT2D eigenvalue weighted by Gasteiger charge is -2.45. The molecule has 1 saturated carbocycles. The number of anilines is 1. The maximum absolute atomic E-state index is 13.2. The van der Waals surface area contributed by atoms with Gasteiger partial charge in [0.2, 0.25) is 0 Å². The Bertz CT molecular complexity index is 902. The quantitative estimate of drug-likeness (QED) is 0.655. The van der Waals surface area contributed by atoms with Crippen molar-refractivity contribution in [3.63, 3.8) is 0 Å². The van der Waals surface area contributed by atoms with Gasteiger partial charge in [-0.1, -0.05) is 18.7 Å². The van der Waals surface area contributed by atoms with Crippen molar-refractivity contribution in [2.24, 2.45) is 0 Å². The Morgan fingerprint density at radius 1 is 1.23 bits per heavy atom. The summed E-state index contributed by atoms with van der Waals surface area (Å²) in [5.74, 6) is 0.807. The fourth-order valence-electron chi connectivity index (χ4n) is 4.56. The molecule has 4 rings (SSSR count). The molecule has 0 radical (unpaired) electrons. The van der Waals surface area contributed by atoms with Crippen LogP contribution < -0.4 is 4.90 Å². The second-order valence-electron chi connectivity index (χ2n) is 8.61. The summed E-state index contributed by atoms with van der Waals surface area (Å²) < 4.78 is 15.0. The van der Waals surface area contributed by atoms with Crippen molar-refractivity contribution in [1.29, 1.82) is 0 Å². The number of allylic oxidation sites excluding steroid dienone is 3. The maximum Gasteiger partial charge on any atom is 0.153 e. The SMILES string of the molecule is C=C(/C=C\C)c1nn(-c2ccc(N3CCC(N(C)C4CC(F)C4)CC3)cn2)cc1C. The van der Waals surface area contributed by atoms with Crippen molar-refractivity contribution in [3.8, 4) is 5.82 Å². The summed E-state index contributed by atoms with van der Waals surface area (Å²) in [7, 11) is 2.17. The number of aromatic nitrogens is 3. The van der Waals surface area contributed by atoms with Gasteiger partial charge in [-0.05, 0) is 69.8 Å². The van der Waals surface area contributed by atoms with Gasteiger partial charge in [-0.15, -0.1) is 0 Å². The van der Waals surface area contributed by atoms with E-state index >= 15 is 0 Å². The van der Waals surface area contributed by atoms with Gasteiger partial charge in [-0.2, -0.15) is 5.10 Å². The van der Waals surface area contributed by atoms with Gasteiger partial charge < -0.3 is 9.80 Å². The fraction of sp³-hybridized carbons (Fsp3) is 0.500. The molecule has 0 amide bonds. The molecule has 0 spiro atoms. The highest BCUT2D eigenvalue weighted by Crippen LogP contribution is 2.31. The Kier molecular flexibility index (Phi) is 6.04. The Morgan fingerprint density at radius 3 is 2.57 bits per heavy atom. The molecule has 0 unspecified atom stereocenters. The van der Waals surface area contributed by atoms with E-state index in [4.69, 9.17) is 0 Å². The molecule has 6 heteroatoms. The zero-order chi connectivity index (χ0) is 21.3. The fourth-order valence-corrected chi connectivity index (χ4v) is 4.56. The molecule has 3 heterocycles. The first-order valence-electron chi connectivity index (χ1n) is 10.9. The lowest BCUT2D eigenvalue weighted by Crippen LogP contribution is -2.52. The van der Waals surface area contributed by atoms with Crippen LogP contribution in [0.2, 0.25) is 0 Å². The lowest BCUT2D eigenvalue weighted by molar-refractivity contribution is 0.0368. The molecule has 2 aliphatic rings. The summed E-state index contributed by atoms with van der Waals surface area (Å²) in [6.45, 7) is 10.1. The van der Waals surface area contributed by atoms with Crippen LogP contribution in [0.5, 0.6) is 0 Å². The van der Waals surface area contributed by atoms with Crippen LogP contribution in [0, 0.1) is 6.92 Å². The Morgan fingerprint density at radius 2 is 1.97 bits per heavy atom. The summed E-state index contributed by atoms with van der Waals surface area (Å²) in [5.41, 5.74) is 4.04. The highest BCUT2D eigenvalue weighted by Gasteiger charge is 2.35. The number of piperidine rings is 1. The van der Waals surface area contributed by atoms with Crippen LogP contribution in [0.4, 0.5) is 10.1 Å². The van der Waals surface area contributed by atoms with E-state index in [1.54, 1.807) is 0 Å². The first-order valence-corrected chi connectivity index (χ1v) is 10.9. The van der Waals surface area contributed by atoms with Gasteiger partial charge in [0.1, 0.15) is 6.17 Å². The number of hydrogen-bond donors (Lipinski definition) is 0. The van der Waals surface area contributed by atoms with Gasteiger partial charge in [0, 0.05) is 31.4 Å². The molecule has 1 aliphatic heterocycles. The summed E-state index contributed by atoms with van der Waals surface area (Å²) in [6, 6.07) is 5.15. The largest absolute Gasteiger partial charge is 0.370 e. The molecule has 2 fully saturated rings. The first-order chi connectivity index (χ1) is 14.5. The molecule has 30 heavy (non-hydrogen) atoms. The smallest absolute Gasteiger partial charge is 0.153 e. The number of aryl methyl sites for hydroxylation is 1. The van der Waals surface area contributed by atoms with Crippen LogP contribution in [-0.2, 0) is 0 Å². The Balaban J connectivity index is 1.38. The second kappa shape index (κ2) is 8.72. The molecule has 0 bridgehead atoms. The predicted octanol–water partition coefficient (Wildman–Crippen LogP) is 4.57. The zero-order valence-electron chi connectivity index (χ0n) is 18.3. The number of halogens is 1. The van der Waals surface area contributed by atoms with Crippen molar-refractivity contribution < 1.29 is 4.39 Å². The van der Waals surface area contributed by atoms with E-state index < -0.39 is 6.17 Å². The molecule has 1 aliphatic carbocycles. The van der Waals surface area contributed by atoms with Crippen molar-refractivity contribution in [1.82, 2.24) is 19.7 Å². The highest BCUT2D eigenvalue weighted by molar-refractivity contribution is 5.71. The molecule has 160 valence electrons. The van der Waals surface area contributed by atoms with Crippen LogP contribution in [0.1, 0.15) is 43.9 Å². The van der Waals surface area contributed by atoms with E-state index in [2.05, 4.69) is 39.6 Å². The standard InChI is InChI=1S/C24H32FN5/c1-5-6-17(2)24-18(3)16-30(27-24)23-8-7-21(15-26-23)29-11-9-20(10-12-29)28(4)22-13-19(25)14-22/h5-8,15-16,19-20,22H,2,9-14H2,1,3-4H3/b6-5-. The van der Waals surface area contributed by atoms with Gasteiger partial charge >= 0.3 is 0 Å². The van der Waals surface area contributed by atoms with E-state index in [1.807, 2.05) is 49.1 Å². The van der Waals surface area contributed by atoms with Crippen molar-refractivity contribution in [3.05, 3.63) is 54.5 Å². The van der Waals surface area contributed by atoms with E-state index in [-0.39, 0.29) is 0 Å². The Hall–Kier alpha value is -2.47. The van der Waals surface area contributed by atoms with E-state index in [0.717, 1.165) is 54.3 Å². The number of alkyl halides is 1. The van der Waals surface area contributed by atoms with Gasteiger partial charge in [0.15, 0.2) is 5.82 Å². The maximum atomic E-state index is 13.2. The van der Waals surface area contributed by atoms with E-state index in [1.165, 1.54) is 0 Å². The van der Waals surface area contributed by atoms with E-state index in [0.29, 0.717) is 24.9 Å². The minimum atomic E-state index is -0.585. The number of hydrogen-bond acceptors (Lipinski definition) is 4. The minimum absolute atomic E-state index is 0.434. The normalized spacial score (nSPS) is 22.6. The molecule has 1 saturated heterocycles. The third kappa shape index (κ3) is 4.19. The number of pyridine rings is 1. The van der Waals surface area contributed by atoms with Crippen molar-refractivity contribution in [2.75, 3.05) is 25.0 Å². The van der Waals surface area contributed by atoms with Gasteiger partial charge in [-0.3, -0.25) is 0 Å². The summed E-state index contributed by atoms with van der Waals surface area (Å²) >= 11 is 0. The van der Waals surface area contributed by atoms with Gasteiger partial charge in [0.05, 0.1) is 17.6 Å². The molecular weight excluding hydrogens is 377 g/mol. The predicted molar refractivity (Wildman–Crippen MR) is 121 cm³/mol. The number of nitrogens with zero attached hydrogens (tertiary/aromatic N) is 5. The van der Waals surface area contributed by atoms with Crippen molar-refractivity contribution in [2.45, 2.75) is 57.8 Å². The van der Waals surface area contributed by atoms with Crippen molar-refractivity contribution >= 4 is 11.3 Å². The number of rotatable bonds is 6. The first kappa shape index (κ1) is 20.8. The molecule has 0 atom stereocenters. The van der Waals surface area contributed by atoms with Crippen LogP contribution >= 0.6 is 0 Å². The topological polar surface area (TPSA) is 37.2 Å². The van der Waals surface area contributed by atoms with Crippen LogP contribution in [0.3, 0.4) is 0 Å². The molecular formula is C24H32FN5. The minimum Gasteiger partial charge on any atom is -0.370 e.